The zero-order valence-electron chi connectivity index (χ0n) is 15.6. The van der Waals surface area contributed by atoms with Gasteiger partial charge >= 0.3 is 0 Å². The lowest BCUT2D eigenvalue weighted by Crippen LogP contribution is -2.40. The summed E-state index contributed by atoms with van der Waals surface area (Å²) in [7, 11) is 0. The molecule has 2 N–H and O–H groups in total. The first-order valence-electron chi connectivity index (χ1n) is 9.03. The number of hydrogen-bond acceptors (Lipinski definition) is 6. The van der Waals surface area contributed by atoms with E-state index < -0.39 is 27.9 Å². The molecular formula is C19H16FN5O5. The summed E-state index contributed by atoms with van der Waals surface area (Å²) < 4.78 is 19.2. The number of benzene rings is 1. The molecule has 0 bridgehead atoms. The fraction of sp³-hybridized carbons (Fsp3) is 0.211. The van der Waals surface area contributed by atoms with E-state index in [1.165, 1.54) is 6.20 Å². The molecule has 0 aliphatic carbocycles. The van der Waals surface area contributed by atoms with Crippen LogP contribution in [0.2, 0.25) is 0 Å². The van der Waals surface area contributed by atoms with Crippen molar-refractivity contribution < 1.29 is 23.6 Å². The highest BCUT2D eigenvalue weighted by Gasteiger charge is 2.21. The number of morpholine rings is 1. The lowest BCUT2D eigenvalue weighted by atomic mass is 10.1. The van der Waals surface area contributed by atoms with E-state index in [-0.39, 0.29) is 11.6 Å². The van der Waals surface area contributed by atoms with Crippen LogP contribution in [0.1, 0.15) is 20.8 Å². The number of H-pyrrole nitrogens is 1. The fourth-order valence-electron chi connectivity index (χ4n) is 3.14. The molecule has 0 atom stereocenters. The zero-order valence-corrected chi connectivity index (χ0v) is 15.6. The first kappa shape index (κ1) is 19.5. The normalized spacial score (nSPS) is 14.0. The number of ether oxygens (including phenoxy) is 1. The summed E-state index contributed by atoms with van der Waals surface area (Å²) in [4.78, 5) is 43.9. The lowest BCUT2D eigenvalue weighted by Gasteiger charge is -2.26. The van der Waals surface area contributed by atoms with Gasteiger partial charge in [0.05, 0.1) is 35.6 Å². The van der Waals surface area contributed by atoms with Crippen molar-refractivity contribution >= 4 is 34.2 Å². The van der Waals surface area contributed by atoms with Crippen molar-refractivity contribution in [2.45, 2.75) is 0 Å². The third-order valence-corrected chi connectivity index (χ3v) is 4.66. The quantitative estimate of drug-likeness (QED) is 0.499. The van der Waals surface area contributed by atoms with E-state index in [0.29, 0.717) is 43.0 Å². The molecule has 1 fully saturated rings. The first-order chi connectivity index (χ1) is 14.4. The Balaban J connectivity index is 1.55. The number of nitrogens with zero attached hydrogens (tertiary/aromatic N) is 3. The average molecular weight is 413 g/mol. The predicted octanol–water partition coefficient (Wildman–Crippen LogP) is 2.33. The van der Waals surface area contributed by atoms with Crippen molar-refractivity contribution in [3.8, 4) is 0 Å². The molecule has 4 rings (SSSR count). The van der Waals surface area contributed by atoms with Gasteiger partial charge in [-0.05, 0) is 18.2 Å². The van der Waals surface area contributed by atoms with E-state index in [1.807, 2.05) is 0 Å². The molecule has 1 aliphatic heterocycles. The summed E-state index contributed by atoms with van der Waals surface area (Å²) in [6, 6.07) is 5.90. The van der Waals surface area contributed by atoms with Gasteiger partial charge in [-0.1, -0.05) is 0 Å². The molecule has 154 valence electrons. The second kappa shape index (κ2) is 7.87. The molecular weight excluding hydrogens is 397 g/mol. The minimum absolute atomic E-state index is 0.180. The number of pyridine rings is 1. The second-order valence-corrected chi connectivity index (χ2v) is 6.62. The Hall–Kier alpha value is -3.86. The molecule has 10 nitrogen and oxygen atoms in total. The molecule has 3 heterocycles. The van der Waals surface area contributed by atoms with E-state index in [9.17, 15) is 24.1 Å². The third kappa shape index (κ3) is 3.82. The van der Waals surface area contributed by atoms with Crippen molar-refractivity contribution in [1.82, 2.24) is 14.9 Å². The van der Waals surface area contributed by atoms with Crippen LogP contribution in [-0.4, -0.2) is 57.9 Å². The number of halogens is 1. The predicted molar refractivity (Wildman–Crippen MR) is 104 cm³/mol. The molecule has 0 unspecified atom stereocenters. The topological polar surface area (TPSA) is 130 Å². The van der Waals surface area contributed by atoms with Gasteiger partial charge in [0, 0.05) is 30.6 Å². The van der Waals surface area contributed by atoms with Gasteiger partial charge in [0.2, 0.25) is 0 Å². The number of anilines is 1. The Morgan fingerprint density at radius 2 is 2.00 bits per heavy atom. The van der Waals surface area contributed by atoms with Crippen molar-refractivity contribution in [3.05, 3.63) is 63.7 Å². The number of nitro groups is 1. The minimum atomic E-state index is -0.882. The number of non-ortho nitro benzene ring substituents is 1. The van der Waals surface area contributed by atoms with E-state index in [2.05, 4.69) is 15.3 Å². The first-order valence-corrected chi connectivity index (χ1v) is 9.03. The number of carbonyl (C=O) groups excluding carboxylic acids is 2. The van der Waals surface area contributed by atoms with Gasteiger partial charge in [-0.25, -0.2) is 9.37 Å². The molecule has 3 aromatic rings. The van der Waals surface area contributed by atoms with E-state index in [1.54, 1.807) is 17.0 Å². The molecule has 11 heteroatoms. The summed E-state index contributed by atoms with van der Waals surface area (Å²) in [5.41, 5.74) is 0.204. The Kier molecular flexibility index (Phi) is 5.11. The number of fused-ring (bicyclic) bond motifs is 1. The number of carbonyl (C=O) groups is 2. The zero-order chi connectivity index (χ0) is 21.3. The number of amides is 2. The summed E-state index contributed by atoms with van der Waals surface area (Å²) in [6.45, 7) is 1.96. The van der Waals surface area contributed by atoms with Gasteiger partial charge in [0.15, 0.2) is 0 Å². The van der Waals surface area contributed by atoms with Crippen LogP contribution < -0.4 is 5.32 Å². The molecule has 2 aromatic heterocycles. The van der Waals surface area contributed by atoms with Crippen LogP contribution in [0.5, 0.6) is 0 Å². The van der Waals surface area contributed by atoms with Crippen LogP contribution in [0.25, 0.3) is 11.0 Å². The number of nitro benzene ring substituents is 1. The van der Waals surface area contributed by atoms with Gasteiger partial charge in [0.1, 0.15) is 17.2 Å². The van der Waals surface area contributed by atoms with Gasteiger partial charge in [-0.2, -0.15) is 0 Å². The molecule has 0 radical (unpaired) electrons. The van der Waals surface area contributed by atoms with Crippen LogP contribution in [0.15, 0.2) is 36.5 Å². The molecule has 30 heavy (non-hydrogen) atoms. The summed E-state index contributed by atoms with van der Waals surface area (Å²) >= 11 is 0. The van der Waals surface area contributed by atoms with Crippen LogP contribution in [0, 0.1) is 15.9 Å². The monoisotopic (exact) mass is 413 g/mol. The number of hydrogen-bond donors (Lipinski definition) is 2. The molecule has 1 saturated heterocycles. The maximum Gasteiger partial charge on any atom is 0.270 e. The van der Waals surface area contributed by atoms with Crippen LogP contribution in [0.4, 0.5) is 15.8 Å². The average Bonchev–Trinajstić information content (AvgIpc) is 3.17. The van der Waals surface area contributed by atoms with Crippen molar-refractivity contribution in [3.63, 3.8) is 0 Å². The summed E-state index contributed by atoms with van der Waals surface area (Å²) in [5.74, 6) is -1.91. The van der Waals surface area contributed by atoms with Gasteiger partial charge in [-0.15, -0.1) is 0 Å². The molecule has 2 amide bonds. The van der Waals surface area contributed by atoms with E-state index >= 15 is 0 Å². The van der Waals surface area contributed by atoms with Crippen molar-refractivity contribution in [2.24, 2.45) is 0 Å². The molecule has 1 aromatic carbocycles. The Morgan fingerprint density at radius 3 is 2.73 bits per heavy atom. The van der Waals surface area contributed by atoms with E-state index in [0.717, 1.165) is 18.2 Å². The Bertz CT molecular complexity index is 1160. The summed E-state index contributed by atoms with van der Waals surface area (Å²) in [5, 5.41) is 13.9. The number of aromatic nitrogens is 2. The highest BCUT2D eigenvalue weighted by molar-refractivity contribution is 6.05. The fourth-order valence-corrected chi connectivity index (χ4v) is 3.14. The highest BCUT2D eigenvalue weighted by atomic mass is 19.1. The number of nitrogens with one attached hydrogen (secondary N) is 2. The Labute approximate surface area is 168 Å². The van der Waals surface area contributed by atoms with Crippen molar-refractivity contribution in [1.29, 1.82) is 0 Å². The molecule has 1 aliphatic rings. The van der Waals surface area contributed by atoms with Crippen molar-refractivity contribution in [2.75, 3.05) is 31.6 Å². The largest absolute Gasteiger partial charge is 0.378 e. The summed E-state index contributed by atoms with van der Waals surface area (Å²) in [6.07, 6.45) is 1.34. The number of aromatic amines is 1. The minimum Gasteiger partial charge on any atom is -0.378 e. The number of rotatable bonds is 4. The van der Waals surface area contributed by atoms with Gasteiger partial charge in [-0.3, -0.25) is 19.7 Å². The smallest absolute Gasteiger partial charge is 0.270 e. The standard InChI is InChI=1S/C19H16FN5O5/c20-15-2-1-13(25(28)29)9-14(15)18(26)22-12-7-11-8-16(23-17(11)21-10-12)19(27)24-3-5-30-6-4-24/h1-2,7-10H,3-6H2,(H,21,23)(H,22,26). The molecule has 0 spiro atoms. The van der Waals surface area contributed by atoms with Gasteiger partial charge < -0.3 is 19.9 Å². The maximum absolute atomic E-state index is 14.0. The second-order valence-electron chi connectivity index (χ2n) is 6.62. The SMILES string of the molecule is O=C(Nc1cnc2[nH]c(C(=O)N3CCOCC3)cc2c1)c1cc([N+](=O)[O-])ccc1F. The highest BCUT2D eigenvalue weighted by Crippen LogP contribution is 2.21. The van der Waals surface area contributed by atoms with Crippen LogP contribution in [-0.2, 0) is 4.74 Å². The lowest BCUT2D eigenvalue weighted by molar-refractivity contribution is -0.384. The molecule has 0 saturated carbocycles. The van der Waals surface area contributed by atoms with E-state index in [4.69, 9.17) is 4.74 Å². The van der Waals surface area contributed by atoms with Gasteiger partial charge in [0.25, 0.3) is 17.5 Å². The van der Waals surface area contributed by atoms with Crippen LogP contribution in [0.3, 0.4) is 0 Å². The Morgan fingerprint density at radius 1 is 1.23 bits per heavy atom. The van der Waals surface area contributed by atoms with Crippen LogP contribution >= 0.6 is 0 Å². The maximum atomic E-state index is 14.0. The third-order valence-electron chi connectivity index (χ3n) is 4.66.